The molecule has 0 saturated carbocycles. The average Bonchev–Trinajstić information content (AvgIpc) is 2.69. The number of hydrogen-bond donors (Lipinski definition) is 0. The van der Waals surface area contributed by atoms with E-state index in [1.165, 1.54) is 12.0 Å². The Morgan fingerprint density at radius 2 is 2.46 bits per heavy atom. The molecule has 0 fully saturated rings. The summed E-state index contributed by atoms with van der Waals surface area (Å²) in [6.45, 7) is 0.809. The molecular weight excluding hydrogens is 164 g/mol. The molecule has 67 valence electrons. The maximum Gasteiger partial charge on any atom is 0.221 e. The Labute approximate surface area is 76.9 Å². The molecule has 0 aliphatic heterocycles. The van der Waals surface area contributed by atoms with Crippen LogP contribution in [0.4, 0.5) is 0 Å². The molecule has 4 nitrogen and oxygen atoms in total. The lowest BCUT2D eigenvalue weighted by Crippen LogP contribution is -2.00. The molecule has 0 aromatic carbocycles. The van der Waals surface area contributed by atoms with Crippen molar-refractivity contribution in [3.63, 3.8) is 0 Å². The first kappa shape index (κ1) is 8.16. The predicted molar refractivity (Wildman–Crippen MR) is 47.7 cm³/mol. The van der Waals surface area contributed by atoms with E-state index in [0.717, 1.165) is 19.4 Å². The number of tetrazole rings is 1. The van der Waals surface area contributed by atoms with Gasteiger partial charge >= 0.3 is 0 Å². The van der Waals surface area contributed by atoms with Crippen LogP contribution in [0.3, 0.4) is 0 Å². The van der Waals surface area contributed by atoms with Gasteiger partial charge in [-0.15, -0.1) is 5.10 Å². The van der Waals surface area contributed by atoms with E-state index in [-0.39, 0.29) is 0 Å². The highest BCUT2D eigenvalue weighted by atomic mass is 15.5. The second-order valence-corrected chi connectivity index (χ2v) is 3.01. The van der Waals surface area contributed by atoms with Gasteiger partial charge in [-0.3, -0.25) is 0 Å². The van der Waals surface area contributed by atoms with E-state index in [2.05, 4.69) is 40.1 Å². The van der Waals surface area contributed by atoms with Crippen molar-refractivity contribution in [1.29, 1.82) is 0 Å². The summed E-state index contributed by atoms with van der Waals surface area (Å²) in [6.07, 6.45) is 12.6. The van der Waals surface area contributed by atoms with Crippen molar-refractivity contribution in [3.05, 3.63) is 30.1 Å². The first-order valence-corrected chi connectivity index (χ1v) is 4.44. The molecule has 1 aromatic heterocycles. The summed E-state index contributed by atoms with van der Waals surface area (Å²) in [4.78, 5) is 0. The summed E-state index contributed by atoms with van der Waals surface area (Å²) >= 11 is 0. The van der Waals surface area contributed by atoms with Gasteiger partial charge in [0.1, 0.15) is 0 Å². The van der Waals surface area contributed by atoms with Gasteiger partial charge in [-0.25, -0.2) is 4.68 Å². The zero-order valence-corrected chi connectivity index (χ0v) is 7.35. The Morgan fingerprint density at radius 3 is 3.15 bits per heavy atom. The van der Waals surface area contributed by atoms with Crippen LogP contribution in [0.2, 0.25) is 0 Å². The Kier molecular flexibility index (Phi) is 2.50. The van der Waals surface area contributed by atoms with Gasteiger partial charge < -0.3 is 0 Å². The van der Waals surface area contributed by atoms with Gasteiger partial charge in [-0.2, -0.15) is 0 Å². The van der Waals surface area contributed by atoms with Gasteiger partial charge in [0.2, 0.25) is 6.33 Å². The van der Waals surface area contributed by atoms with Crippen molar-refractivity contribution in [2.45, 2.75) is 25.8 Å². The van der Waals surface area contributed by atoms with Gasteiger partial charge in [-0.1, -0.05) is 23.8 Å². The smallest absolute Gasteiger partial charge is 0.221 e. The average molecular weight is 175 g/mol. The first-order valence-electron chi connectivity index (χ1n) is 4.44. The molecule has 2 rings (SSSR count). The monoisotopic (exact) mass is 175 g/mol. The maximum absolute atomic E-state index is 3.75. The standard InChI is InChI=1S/C9H11N4/c1-2-4-9(5-3-1)6-7-13-8-10-11-12-13/h2,4-5H,1,3,6-7H2. The molecule has 1 aromatic rings. The lowest BCUT2D eigenvalue weighted by Gasteiger charge is -2.05. The molecule has 1 heterocycles. The third-order valence-corrected chi connectivity index (χ3v) is 2.04. The summed E-state index contributed by atoms with van der Waals surface area (Å²) in [5.41, 5.74) is 1.37. The fourth-order valence-electron chi connectivity index (χ4n) is 1.34. The Morgan fingerprint density at radius 1 is 1.46 bits per heavy atom. The summed E-state index contributed by atoms with van der Waals surface area (Å²) in [6, 6.07) is 0. The van der Waals surface area contributed by atoms with E-state index >= 15 is 0 Å². The molecule has 0 atom stereocenters. The van der Waals surface area contributed by atoms with Crippen molar-refractivity contribution in [1.82, 2.24) is 20.2 Å². The molecule has 4 heteroatoms. The quantitative estimate of drug-likeness (QED) is 0.692. The molecule has 1 radical (unpaired) electrons. The van der Waals surface area contributed by atoms with Crippen LogP contribution in [0.5, 0.6) is 0 Å². The topological polar surface area (TPSA) is 43.6 Å². The van der Waals surface area contributed by atoms with E-state index in [1.807, 2.05) is 0 Å². The second kappa shape index (κ2) is 3.98. The van der Waals surface area contributed by atoms with Gasteiger partial charge in [0.05, 0.1) is 0 Å². The van der Waals surface area contributed by atoms with Gasteiger partial charge in [0.25, 0.3) is 0 Å². The van der Waals surface area contributed by atoms with E-state index in [9.17, 15) is 0 Å². The fourth-order valence-corrected chi connectivity index (χ4v) is 1.34. The molecule has 0 bridgehead atoms. The lowest BCUT2D eigenvalue weighted by atomic mass is 10.0. The van der Waals surface area contributed by atoms with E-state index in [1.54, 1.807) is 4.68 Å². The van der Waals surface area contributed by atoms with Crippen molar-refractivity contribution in [2.24, 2.45) is 0 Å². The maximum atomic E-state index is 3.75. The largest absolute Gasteiger partial charge is 0.222 e. The van der Waals surface area contributed by atoms with Gasteiger partial charge in [-0.05, 0) is 29.7 Å². The third-order valence-electron chi connectivity index (χ3n) is 2.04. The first-order chi connectivity index (χ1) is 6.45. The van der Waals surface area contributed by atoms with Crippen molar-refractivity contribution >= 4 is 0 Å². The fraction of sp³-hybridized carbons (Fsp3) is 0.444. The van der Waals surface area contributed by atoms with Crippen molar-refractivity contribution in [3.8, 4) is 0 Å². The van der Waals surface area contributed by atoms with E-state index < -0.39 is 0 Å². The summed E-state index contributed by atoms with van der Waals surface area (Å²) < 4.78 is 1.63. The minimum absolute atomic E-state index is 0.809. The lowest BCUT2D eigenvalue weighted by molar-refractivity contribution is 0.585. The Balaban J connectivity index is 1.86. The van der Waals surface area contributed by atoms with Gasteiger partial charge in [0, 0.05) is 6.54 Å². The number of hydrogen-bond acceptors (Lipinski definition) is 3. The minimum Gasteiger partial charge on any atom is -0.222 e. The molecule has 0 N–H and O–H groups in total. The number of aromatic nitrogens is 4. The van der Waals surface area contributed by atoms with Crippen LogP contribution in [0.1, 0.15) is 19.3 Å². The number of aryl methyl sites for hydroxylation is 1. The Bertz CT molecular complexity index is 310. The highest BCUT2D eigenvalue weighted by molar-refractivity contribution is 5.21. The molecule has 0 saturated heterocycles. The van der Waals surface area contributed by atoms with Crippen LogP contribution >= 0.6 is 0 Å². The number of nitrogens with zero attached hydrogens (tertiary/aromatic N) is 4. The summed E-state index contributed by atoms with van der Waals surface area (Å²) in [5, 5.41) is 10.7. The molecule has 13 heavy (non-hydrogen) atoms. The van der Waals surface area contributed by atoms with E-state index in [0.29, 0.717) is 0 Å². The Hall–Kier alpha value is -1.45. The zero-order chi connectivity index (χ0) is 8.93. The van der Waals surface area contributed by atoms with Crippen LogP contribution < -0.4 is 0 Å². The number of allylic oxidation sites excluding steroid dienone is 4. The summed E-state index contributed by atoms with van der Waals surface area (Å²) in [5.74, 6) is 0. The SMILES string of the molecule is [c]1nnnn1CCC1=CCCC=C1. The molecule has 1 aliphatic rings. The van der Waals surface area contributed by atoms with Crippen LogP contribution in [-0.2, 0) is 6.54 Å². The molecule has 0 spiro atoms. The predicted octanol–water partition coefficient (Wildman–Crippen LogP) is 1.14. The van der Waals surface area contributed by atoms with Crippen molar-refractivity contribution in [2.75, 3.05) is 0 Å². The van der Waals surface area contributed by atoms with E-state index in [4.69, 9.17) is 0 Å². The molecule has 1 aliphatic carbocycles. The molecule has 0 unspecified atom stereocenters. The highest BCUT2D eigenvalue weighted by Crippen LogP contribution is 2.13. The molecule has 0 amide bonds. The number of rotatable bonds is 3. The summed E-state index contributed by atoms with van der Waals surface area (Å²) in [7, 11) is 0. The second-order valence-electron chi connectivity index (χ2n) is 3.01. The third kappa shape index (κ3) is 2.24. The van der Waals surface area contributed by atoms with Crippen molar-refractivity contribution < 1.29 is 0 Å². The van der Waals surface area contributed by atoms with Crippen LogP contribution in [-0.4, -0.2) is 20.2 Å². The zero-order valence-electron chi connectivity index (χ0n) is 7.35. The van der Waals surface area contributed by atoms with Crippen LogP contribution in [0.25, 0.3) is 0 Å². The van der Waals surface area contributed by atoms with Gasteiger partial charge in [0.15, 0.2) is 0 Å². The molecular formula is C9H11N4. The normalized spacial score (nSPS) is 15.8. The van der Waals surface area contributed by atoms with Crippen LogP contribution in [0.15, 0.2) is 23.8 Å². The van der Waals surface area contributed by atoms with Crippen LogP contribution in [0, 0.1) is 6.33 Å². The minimum atomic E-state index is 0.809. The highest BCUT2D eigenvalue weighted by Gasteiger charge is 1.99.